The number of rotatable bonds is 8. The number of nitroso groups, excluding NO2 is 1. The highest BCUT2D eigenvalue weighted by molar-refractivity contribution is 5.77. The Morgan fingerprint density at radius 3 is 2.61 bits per heavy atom. The van der Waals surface area contributed by atoms with Gasteiger partial charge in [-0.25, -0.2) is 0 Å². The number of benzene rings is 1. The number of carbonyl (C=O) groups is 1. The first-order chi connectivity index (χ1) is 8.65. The van der Waals surface area contributed by atoms with Gasteiger partial charge in [0.1, 0.15) is 0 Å². The van der Waals surface area contributed by atoms with E-state index in [9.17, 15) is 9.70 Å². The van der Waals surface area contributed by atoms with Crippen molar-refractivity contribution in [2.45, 2.75) is 32.2 Å². The molecule has 0 saturated heterocycles. The van der Waals surface area contributed by atoms with Gasteiger partial charge >= 0.3 is 0 Å². The van der Waals surface area contributed by atoms with Gasteiger partial charge in [-0.3, -0.25) is 10.2 Å². The average Bonchev–Trinajstić information content (AvgIpc) is 2.35. The van der Waals surface area contributed by atoms with Crippen LogP contribution >= 0.6 is 0 Å². The van der Waals surface area contributed by atoms with E-state index in [0.717, 1.165) is 12.8 Å². The molecule has 1 rings (SSSR count). The fraction of sp³-hybridized carbons (Fsp3) is 0.462. The summed E-state index contributed by atoms with van der Waals surface area (Å²) in [6.45, 7) is 1.74. The monoisotopic (exact) mass is 249 g/mol. The zero-order valence-electron chi connectivity index (χ0n) is 10.5. The maximum absolute atomic E-state index is 11.3. The van der Waals surface area contributed by atoms with E-state index in [-0.39, 0.29) is 12.0 Å². The second-order valence-corrected chi connectivity index (χ2v) is 4.40. The number of nitrogens with zero attached hydrogens (tertiary/aromatic N) is 1. The molecule has 1 aromatic rings. The third kappa shape index (κ3) is 4.53. The summed E-state index contributed by atoms with van der Waals surface area (Å²) in [5.74, 6) is -0.766. The predicted octanol–water partition coefficient (Wildman–Crippen LogP) is 1.77. The van der Waals surface area contributed by atoms with E-state index in [1.807, 2.05) is 30.3 Å². The molecule has 1 amide bonds. The van der Waals surface area contributed by atoms with Crippen molar-refractivity contribution in [3.8, 4) is 0 Å². The molecular formula is C13H19N3O2. The average molecular weight is 249 g/mol. The molecular weight excluding hydrogens is 230 g/mol. The van der Waals surface area contributed by atoms with Gasteiger partial charge in [-0.2, -0.15) is 0 Å². The van der Waals surface area contributed by atoms with Gasteiger partial charge in [-0.05, 0) is 31.7 Å². The molecule has 0 aromatic heterocycles. The van der Waals surface area contributed by atoms with E-state index in [2.05, 4.69) is 10.7 Å². The Morgan fingerprint density at radius 1 is 1.39 bits per heavy atom. The van der Waals surface area contributed by atoms with Crippen molar-refractivity contribution >= 4 is 5.91 Å². The zero-order chi connectivity index (χ0) is 13.4. The van der Waals surface area contributed by atoms with Gasteiger partial charge in [0.05, 0.1) is 12.0 Å². The molecule has 0 radical (unpaired) electrons. The fourth-order valence-electron chi connectivity index (χ4n) is 1.98. The molecule has 0 aliphatic rings. The van der Waals surface area contributed by atoms with Gasteiger partial charge in [0.15, 0.2) is 0 Å². The van der Waals surface area contributed by atoms with Gasteiger partial charge in [0.25, 0.3) is 0 Å². The summed E-state index contributed by atoms with van der Waals surface area (Å²) in [5, 5.41) is 2.60. The molecule has 0 bridgehead atoms. The van der Waals surface area contributed by atoms with Crippen LogP contribution in [0.1, 0.15) is 25.3 Å². The van der Waals surface area contributed by atoms with Crippen molar-refractivity contribution < 1.29 is 4.79 Å². The minimum absolute atomic E-state index is 0.323. The van der Waals surface area contributed by atoms with E-state index < -0.39 is 5.91 Å². The molecule has 0 spiro atoms. The number of primary amides is 1. The Balaban J connectivity index is 2.43. The largest absolute Gasteiger partial charge is 0.369 e. The Labute approximate surface area is 107 Å². The molecule has 0 fully saturated rings. The fourth-order valence-corrected chi connectivity index (χ4v) is 1.98. The summed E-state index contributed by atoms with van der Waals surface area (Å²) >= 11 is 0. The number of nitrogens with one attached hydrogen (secondary N) is 1. The molecule has 0 aliphatic heterocycles. The first-order valence-corrected chi connectivity index (χ1v) is 6.06. The zero-order valence-corrected chi connectivity index (χ0v) is 10.5. The molecule has 98 valence electrons. The minimum atomic E-state index is -0.397. The summed E-state index contributed by atoms with van der Waals surface area (Å²) in [4.78, 5) is 21.4. The lowest BCUT2D eigenvalue weighted by molar-refractivity contribution is -0.122. The highest BCUT2D eigenvalue weighted by Gasteiger charge is 2.22. The van der Waals surface area contributed by atoms with Crippen molar-refractivity contribution in [3.05, 3.63) is 40.8 Å². The Bertz CT molecular complexity index is 381. The number of nitrogens with two attached hydrogens (primary N) is 1. The van der Waals surface area contributed by atoms with Gasteiger partial charge in [0, 0.05) is 5.29 Å². The van der Waals surface area contributed by atoms with Gasteiger partial charge < -0.3 is 5.73 Å². The summed E-state index contributed by atoms with van der Waals surface area (Å²) in [6, 6.07) is 9.72. The summed E-state index contributed by atoms with van der Waals surface area (Å²) < 4.78 is 0. The number of amides is 1. The first-order valence-electron chi connectivity index (χ1n) is 6.06. The van der Waals surface area contributed by atoms with Crippen LogP contribution < -0.4 is 11.2 Å². The Morgan fingerprint density at radius 2 is 2.06 bits per heavy atom. The SMILES string of the molecule is C[C@H](NN=O)[C@@H](CCCc1ccccc1)C(N)=O. The van der Waals surface area contributed by atoms with E-state index >= 15 is 0 Å². The first kappa shape index (κ1) is 14.2. The van der Waals surface area contributed by atoms with Gasteiger partial charge in [-0.1, -0.05) is 30.3 Å². The smallest absolute Gasteiger partial charge is 0.222 e. The third-order valence-corrected chi connectivity index (χ3v) is 3.05. The summed E-state index contributed by atoms with van der Waals surface area (Å²) in [7, 11) is 0. The molecule has 1 aromatic carbocycles. The highest BCUT2D eigenvalue weighted by atomic mass is 16.3. The number of hydrogen-bond acceptors (Lipinski definition) is 3. The molecule has 2 atom stereocenters. The highest BCUT2D eigenvalue weighted by Crippen LogP contribution is 2.14. The van der Waals surface area contributed by atoms with Crippen LogP contribution in [-0.4, -0.2) is 11.9 Å². The lowest BCUT2D eigenvalue weighted by Crippen LogP contribution is -2.38. The summed E-state index contributed by atoms with van der Waals surface area (Å²) in [5.41, 5.74) is 8.90. The van der Waals surface area contributed by atoms with Crippen molar-refractivity contribution in [3.63, 3.8) is 0 Å². The normalized spacial score (nSPS) is 13.6. The molecule has 0 unspecified atom stereocenters. The Kier molecular flexibility index (Phi) is 5.84. The van der Waals surface area contributed by atoms with Crippen LogP contribution in [0.25, 0.3) is 0 Å². The van der Waals surface area contributed by atoms with E-state index in [0.29, 0.717) is 6.42 Å². The molecule has 5 nitrogen and oxygen atoms in total. The number of carbonyl (C=O) groups excluding carboxylic acids is 1. The van der Waals surface area contributed by atoms with Crippen LogP contribution in [0.15, 0.2) is 35.6 Å². The van der Waals surface area contributed by atoms with Crippen molar-refractivity contribution in [1.82, 2.24) is 5.43 Å². The van der Waals surface area contributed by atoms with Crippen LogP contribution in [-0.2, 0) is 11.2 Å². The molecule has 18 heavy (non-hydrogen) atoms. The lowest BCUT2D eigenvalue weighted by atomic mass is 9.93. The molecule has 0 saturated carbocycles. The van der Waals surface area contributed by atoms with Crippen LogP contribution in [0.2, 0.25) is 0 Å². The molecule has 3 N–H and O–H groups in total. The number of hydrogen-bond donors (Lipinski definition) is 2. The van der Waals surface area contributed by atoms with Crippen LogP contribution in [0.4, 0.5) is 0 Å². The summed E-state index contributed by atoms with van der Waals surface area (Å²) in [6.07, 6.45) is 2.39. The topological polar surface area (TPSA) is 84.6 Å². The molecule has 0 heterocycles. The maximum Gasteiger partial charge on any atom is 0.222 e. The lowest BCUT2D eigenvalue weighted by Gasteiger charge is -2.19. The van der Waals surface area contributed by atoms with Crippen molar-refractivity contribution in [2.24, 2.45) is 16.9 Å². The predicted molar refractivity (Wildman–Crippen MR) is 70.5 cm³/mol. The third-order valence-electron chi connectivity index (χ3n) is 3.05. The van der Waals surface area contributed by atoms with E-state index in [1.165, 1.54) is 5.56 Å². The second kappa shape index (κ2) is 7.42. The maximum atomic E-state index is 11.3. The van der Waals surface area contributed by atoms with Crippen molar-refractivity contribution in [1.29, 1.82) is 0 Å². The van der Waals surface area contributed by atoms with Crippen molar-refractivity contribution in [2.75, 3.05) is 0 Å². The van der Waals surface area contributed by atoms with Crippen LogP contribution in [0, 0.1) is 10.8 Å². The van der Waals surface area contributed by atoms with E-state index in [1.54, 1.807) is 6.92 Å². The molecule has 5 heteroatoms. The Hall–Kier alpha value is -1.91. The standard InChI is InChI=1S/C13H19N3O2/c1-10(15-16-18)12(13(14)17)9-5-8-11-6-3-2-4-7-11/h2-4,6-7,10,12H,5,8-9H2,1H3,(H2,14,17)(H,15,18)/t10-,12+/m0/s1. The molecule has 0 aliphatic carbocycles. The quantitative estimate of drug-likeness (QED) is 0.544. The second-order valence-electron chi connectivity index (χ2n) is 4.40. The van der Waals surface area contributed by atoms with Gasteiger partial charge in [0.2, 0.25) is 5.91 Å². The van der Waals surface area contributed by atoms with E-state index in [4.69, 9.17) is 5.73 Å². The minimum Gasteiger partial charge on any atom is -0.369 e. The van der Waals surface area contributed by atoms with Gasteiger partial charge in [-0.15, -0.1) is 4.91 Å². The van der Waals surface area contributed by atoms with Crippen LogP contribution in [0.3, 0.4) is 0 Å². The number of aryl methyl sites for hydroxylation is 1. The van der Waals surface area contributed by atoms with Crippen LogP contribution in [0.5, 0.6) is 0 Å².